The summed E-state index contributed by atoms with van der Waals surface area (Å²) < 4.78 is 18.7. The molecule has 1 aliphatic heterocycles. The number of aromatic nitrogens is 2. The van der Waals surface area contributed by atoms with E-state index < -0.39 is 11.7 Å². The predicted molar refractivity (Wildman–Crippen MR) is 123 cm³/mol. The molecular formula is C23H24FN7O2. The van der Waals surface area contributed by atoms with Crippen molar-refractivity contribution in [3.63, 3.8) is 0 Å². The molecule has 1 aromatic heterocycles. The minimum atomic E-state index is -0.518. The van der Waals surface area contributed by atoms with Crippen molar-refractivity contribution in [3.05, 3.63) is 76.9 Å². The molecule has 0 spiro atoms. The molecule has 9 nitrogen and oxygen atoms in total. The van der Waals surface area contributed by atoms with Crippen LogP contribution in [0.3, 0.4) is 0 Å². The summed E-state index contributed by atoms with van der Waals surface area (Å²) in [5.74, 6) is 0.0843. The zero-order valence-electron chi connectivity index (χ0n) is 18.0. The fraction of sp³-hybridized carbons (Fsp3) is 0.217. The highest BCUT2D eigenvalue weighted by Crippen LogP contribution is 2.23. The van der Waals surface area contributed by atoms with E-state index in [1.165, 1.54) is 25.6 Å². The molecule has 2 heterocycles. The zero-order valence-corrected chi connectivity index (χ0v) is 18.0. The number of anilines is 2. The number of carbonyl (C=O) groups excluding carboxylic acids is 1. The van der Waals surface area contributed by atoms with Gasteiger partial charge in [0.1, 0.15) is 29.5 Å². The highest BCUT2D eigenvalue weighted by molar-refractivity contribution is 6.16. The first kappa shape index (κ1) is 22.2. The van der Waals surface area contributed by atoms with Crippen LogP contribution >= 0.6 is 0 Å². The monoisotopic (exact) mass is 449 g/mol. The summed E-state index contributed by atoms with van der Waals surface area (Å²) in [6, 6.07) is 11.2. The molecule has 0 unspecified atom stereocenters. The predicted octanol–water partition coefficient (Wildman–Crippen LogP) is 1.94. The van der Waals surface area contributed by atoms with Crippen LogP contribution in [0.5, 0.6) is 5.75 Å². The number of benzene rings is 2. The van der Waals surface area contributed by atoms with Gasteiger partial charge in [0.2, 0.25) is 0 Å². The summed E-state index contributed by atoms with van der Waals surface area (Å²) in [6.07, 6.45) is 1.37. The lowest BCUT2D eigenvalue weighted by atomic mass is 10.0. The normalized spacial score (nSPS) is 13.2. The molecule has 3 aromatic rings. The maximum Gasteiger partial charge on any atom is 0.255 e. The highest BCUT2D eigenvalue weighted by Gasteiger charge is 2.22. The van der Waals surface area contributed by atoms with Crippen molar-refractivity contribution >= 4 is 23.3 Å². The van der Waals surface area contributed by atoms with Crippen molar-refractivity contribution in [2.24, 2.45) is 0 Å². The van der Waals surface area contributed by atoms with Gasteiger partial charge in [0.15, 0.2) is 0 Å². The lowest BCUT2D eigenvalue weighted by molar-refractivity contribution is 0.0947. The topological polar surface area (TPSA) is 138 Å². The van der Waals surface area contributed by atoms with Gasteiger partial charge in [0.25, 0.3) is 5.91 Å². The maximum atomic E-state index is 13.5. The third-order valence-electron chi connectivity index (χ3n) is 5.35. The summed E-state index contributed by atoms with van der Waals surface area (Å²) in [6.45, 7) is 1.86. The Labute approximate surface area is 190 Å². The molecule has 6 N–H and O–H groups in total. The minimum Gasteiger partial charge on any atom is -0.496 e. The molecule has 1 saturated heterocycles. The molecule has 1 amide bonds. The first-order chi connectivity index (χ1) is 16.0. The Morgan fingerprint density at radius 2 is 2.00 bits per heavy atom. The number of carbonyl (C=O) groups is 1. The SMILES string of the molecule is COc1ccc(F)cc1C(=O)NCc1ccc(C(=N)c2c(N)ncnc2NC2CNC2)cc1. The van der Waals surface area contributed by atoms with Gasteiger partial charge < -0.3 is 26.4 Å². The van der Waals surface area contributed by atoms with E-state index in [4.69, 9.17) is 15.9 Å². The Hall–Kier alpha value is -4.05. The van der Waals surface area contributed by atoms with E-state index >= 15 is 0 Å². The fourth-order valence-corrected chi connectivity index (χ4v) is 3.41. The molecule has 0 aliphatic carbocycles. The number of rotatable bonds is 8. The number of amides is 1. The number of hydrogen-bond acceptors (Lipinski definition) is 8. The smallest absolute Gasteiger partial charge is 0.255 e. The lowest BCUT2D eigenvalue weighted by Crippen LogP contribution is -2.51. The van der Waals surface area contributed by atoms with Gasteiger partial charge in [-0.15, -0.1) is 0 Å². The number of ether oxygens (including phenoxy) is 1. The Morgan fingerprint density at radius 1 is 1.24 bits per heavy atom. The zero-order chi connectivity index (χ0) is 23.4. The van der Waals surface area contributed by atoms with E-state index in [2.05, 4.69) is 25.9 Å². The molecule has 0 saturated carbocycles. The van der Waals surface area contributed by atoms with Gasteiger partial charge >= 0.3 is 0 Å². The molecule has 0 atom stereocenters. The Balaban J connectivity index is 1.45. The first-order valence-electron chi connectivity index (χ1n) is 10.3. The van der Waals surface area contributed by atoms with Crippen molar-refractivity contribution in [1.29, 1.82) is 5.41 Å². The number of hydrogen-bond donors (Lipinski definition) is 5. The molecule has 170 valence electrons. The Bertz CT molecular complexity index is 1180. The molecule has 2 aromatic carbocycles. The van der Waals surface area contributed by atoms with Crippen LogP contribution in [0.15, 0.2) is 48.8 Å². The van der Waals surface area contributed by atoms with Crippen LogP contribution in [0.4, 0.5) is 16.0 Å². The van der Waals surface area contributed by atoms with Crippen molar-refractivity contribution in [2.75, 3.05) is 31.2 Å². The molecule has 4 rings (SSSR count). The van der Waals surface area contributed by atoms with Crippen molar-refractivity contribution in [2.45, 2.75) is 12.6 Å². The number of nitrogen functional groups attached to an aromatic ring is 1. The van der Waals surface area contributed by atoms with E-state index in [9.17, 15) is 9.18 Å². The van der Waals surface area contributed by atoms with Crippen LogP contribution in [0, 0.1) is 11.2 Å². The molecule has 0 radical (unpaired) electrons. The van der Waals surface area contributed by atoms with E-state index in [0.29, 0.717) is 22.7 Å². The lowest BCUT2D eigenvalue weighted by Gasteiger charge is -2.29. The summed E-state index contributed by atoms with van der Waals surface area (Å²) in [7, 11) is 1.42. The van der Waals surface area contributed by atoms with E-state index in [1.807, 2.05) is 0 Å². The first-order valence-corrected chi connectivity index (χ1v) is 10.3. The van der Waals surface area contributed by atoms with Crippen LogP contribution in [0.1, 0.15) is 27.0 Å². The van der Waals surface area contributed by atoms with Crippen LogP contribution in [0.25, 0.3) is 0 Å². The van der Waals surface area contributed by atoms with Gasteiger partial charge in [-0.3, -0.25) is 10.2 Å². The average molecular weight is 449 g/mol. The Morgan fingerprint density at radius 3 is 2.67 bits per heavy atom. The number of methoxy groups -OCH3 is 1. The highest BCUT2D eigenvalue weighted by atomic mass is 19.1. The second kappa shape index (κ2) is 9.61. The molecule has 10 heteroatoms. The Kier molecular flexibility index (Phi) is 6.45. The fourth-order valence-electron chi connectivity index (χ4n) is 3.41. The molecule has 33 heavy (non-hydrogen) atoms. The molecule has 0 bridgehead atoms. The van der Waals surface area contributed by atoms with Crippen LogP contribution in [-0.4, -0.2) is 47.8 Å². The minimum absolute atomic E-state index is 0.122. The van der Waals surface area contributed by atoms with Crippen LogP contribution in [-0.2, 0) is 6.54 Å². The van der Waals surface area contributed by atoms with Gasteiger partial charge in [-0.25, -0.2) is 14.4 Å². The van der Waals surface area contributed by atoms with Crippen molar-refractivity contribution in [1.82, 2.24) is 20.6 Å². The van der Waals surface area contributed by atoms with Crippen LogP contribution < -0.4 is 26.4 Å². The molecule has 1 aliphatic rings. The third-order valence-corrected chi connectivity index (χ3v) is 5.35. The number of nitrogens with one attached hydrogen (secondary N) is 4. The van der Waals surface area contributed by atoms with E-state index in [0.717, 1.165) is 24.7 Å². The second-order valence-corrected chi connectivity index (χ2v) is 7.58. The average Bonchev–Trinajstić information content (AvgIpc) is 2.80. The molecule has 1 fully saturated rings. The summed E-state index contributed by atoms with van der Waals surface area (Å²) in [5.41, 5.74) is 8.27. The van der Waals surface area contributed by atoms with Crippen LogP contribution in [0.2, 0.25) is 0 Å². The largest absolute Gasteiger partial charge is 0.496 e. The van der Waals surface area contributed by atoms with Crippen molar-refractivity contribution in [3.8, 4) is 5.75 Å². The summed E-state index contributed by atoms with van der Waals surface area (Å²) >= 11 is 0. The van der Waals surface area contributed by atoms with Gasteiger partial charge in [0, 0.05) is 25.2 Å². The standard InChI is InChI=1S/C23H24FN7O2/c1-33-18-7-6-15(24)8-17(18)23(32)28-9-13-2-4-14(5-3-13)20(25)19-21(26)29-12-30-22(19)31-16-10-27-11-16/h2-8,12,16,25,27H,9-11H2,1H3,(H,28,32)(H3,26,29,30,31). The quantitative estimate of drug-likeness (QED) is 0.331. The van der Waals surface area contributed by atoms with Gasteiger partial charge in [-0.2, -0.15) is 0 Å². The van der Waals surface area contributed by atoms with E-state index in [-0.39, 0.29) is 29.7 Å². The van der Waals surface area contributed by atoms with Crippen molar-refractivity contribution < 1.29 is 13.9 Å². The summed E-state index contributed by atoms with van der Waals surface area (Å²) in [4.78, 5) is 20.8. The molecular weight excluding hydrogens is 425 g/mol. The van der Waals surface area contributed by atoms with Gasteiger partial charge in [-0.05, 0) is 23.8 Å². The van der Waals surface area contributed by atoms with Gasteiger partial charge in [-0.1, -0.05) is 24.3 Å². The number of nitrogens with zero attached hydrogens (tertiary/aromatic N) is 2. The second-order valence-electron chi connectivity index (χ2n) is 7.58. The summed E-state index contributed by atoms with van der Waals surface area (Å²) in [5, 5.41) is 17.9. The number of nitrogens with two attached hydrogens (primary N) is 1. The van der Waals surface area contributed by atoms with Gasteiger partial charge in [0.05, 0.1) is 30.0 Å². The number of halogens is 1. The maximum absolute atomic E-state index is 13.5. The van der Waals surface area contributed by atoms with E-state index in [1.54, 1.807) is 24.3 Å². The third kappa shape index (κ3) is 4.90.